The molecule has 0 spiro atoms. The monoisotopic (exact) mass is 357 g/mol. The lowest BCUT2D eigenvalue weighted by Crippen LogP contribution is -2.15. The first-order valence-electron chi connectivity index (χ1n) is 8.98. The zero-order valence-electron chi connectivity index (χ0n) is 14.7. The molecule has 3 N–H and O–H groups in total. The molecule has 0 radical (unpaired) electrons. The maximum absolute atomic E-state index is 10.8. The Morgan fingerprint density at radius 1 is 1.08 bits per heavy atom. The van der Waals surface area contributed by atoms with Gasteiger partial charge in [0.15, 0.2) is 0 Å². The summed E-state index contributed by atoms with van der Waals surface area (Å²) in [5.41, 5.74) is 1.12. The minimum absolute atomic E-state index is 0.0680. The molecule has 0 saturated heterocycles. The smallest absolute Gasteiger partial charge is 0.325 e. The molecule has 1 aromatic carbocycles. The molecular weight excluding hydrogens is 325 g/mol. The molecule has 138 valence electrons. The van der Waals surface area contributed by atoms with Crippen LogP contribution < -0.4 is 10.1 Å². The molecule has 0 aliphatic heterocycles. The highest BCUT2D eigenvalue weighted by atomic mass is 31.2. The van der Waals surface area contributed by atoms with E-state index in [1.807, 2.05) is 24.3 Å². The zero-order chi connectivity index (χ0) is 17.7. The fraction of sp³-hybridized carbons (Fsp3) is 0.667. The second-order valence-electron chi connectivity index (χ2n) is 6.18. The molecule has 5 nitrogen and oxygen atoms in total. The Morgan fingerprint density at radius 2 is 1.83 bits per heavy atom. The van der Waals surface area contributed by atoms with E-state index in [1.54, 1.807) is 0 Å². The summed E-state index contributed by atoms with van der Waals surface area (Å²) in [5.74, 6) is 0.887. The van der Waals surface area contributed by atoms with Crippen molar-refractivity contribution < 1.29 is 19.1 Å². The van der Waals surface area contributed by atoms with Crippen LogP contribution in [0.3, 0.4) is 0 Å². The van der Waals surface area contributed by atoms with Gasteiger partial charge in [-0.05, 0) is 37.1 Å². The summed E-state index contributed by atoms with van der Waals surface area (Å²) in [6.45, 7) is 4.25. The summed E-state index contributed by atoms with van der Waals surface area (Å²) >= 11 is 0. The third-order valence-corrected chi connectivity index (χ3v) is 4.70. The second kappa shape index (κ2) is 12.5. The quantitative estimate of drug-likeness (QED) is 0.345. The lowest BCUT2D eigenvalue weighted by molar-refractivity contribution is 0.304. The number of nitrogens with one attached hydrogen (secondary N) is 1. The Kier molecular flexibility index (Phi) is 11.0. The predicted octanol–water partition coefficient (Wildman–Crippen LogP) is 4.08. The molecule has 0 bridgehead atoms. The zero-order valence-corrected chi connectivity index (χ0v) is 15.6. The molecule has 0 heterocycles. The van der Waals surface area contributed by atoms with Gasteiger partial charge in [-0.3, -0.25) is 4.57 Å². The minimum atomic E-state index is -3.87. The van der Waals surface area contributed by atoms with Crippen molar-refractivity contribution in [3.63, 3.8) is 0 Å². The van der Waals surface area contributed by atoms with Gasteiger partial charge in [-0.25, -0.2) is 0 Å². The Labute approximate surface area is 146 Å². The van der Waals surface area contributed by atoms with Gasteiger partial charge in [-0.2, -0.15) is 0 Å². The van der Waals surface area contributed by atoms with Gasteiger partial charge in [0.2, 0.25) is 0 Å². The number of unbranched alkanes of at least 4 members (excludes halogenated alkanes) is 5. The topological polar surface area (TPSA) is 78.8 Å². The van der Waals surface area contributed by atoms with E-state index in [0.29, 0.717) is 19.5 Å². The van der Waals surface area contributed by atoms with Gasteiger partial charge in [-0.1, -0.05) is 51.2 Å². The Hall–Kier alpha value is -0.870. The van der Waals surface area contributed by atoms with Crippen LogP contribution in [0.4, 0.5) is 0 Å². The Bertz CT molecular complexity index is 490. The predicted molar refractivity (Wildman–Crippen MR) is 98.5 cm³/mol. The first kappa shape index (κ1) is 21.2. The van der Waals surface area contributed by atoms with Crippen molar-refractivity contribution in [1.82, 2.24) is 5.32 Å². The second-order valence-corrected chi connectivity index (χ2v) is 7.96. The lowest BCUT2D eigenvalue weighted by Gasteiger charge is -2.09. The lowest BCUT2D eigenvalue weighted by atomic mass is 10.1. The first-order valence-corrected chi connectivity index (χ1v) is 10.8. The van der Waals surface area contributed by atoms with Crippen molar-refractivity contribution in [3.05, 3.63) is 29.8 Å². The molecular formula is C18H32NO4P. The van der Waals surface area contributed by atoms with Crippen LogP contribution in [0, 0.1) is 0 Å². The van der Waals surface area contributed by atoms with E-state index >= 15 is 0 Å². The van der Waals surface area contributed by atoms with Crippen LogP contribution in [0.2, 0.25) is 0 Å². The van der Waals surface area contributed by atoms with Gasteiger partial charge in [0.1, 0.15) is 5.75 Å². The van der Waals surface area contributed by atoms with Crippen molar-refractivity contribution in [2.24, 2.45) is 0 Å². The molecule has 0 aliphatic carbocycles. The van der Waals surface area contributed by atoms with Gasteiger partial charge in [0.25, 0.3) is 0 Å². The van der Waals surface area contributed by atoms with Gasteiger partial charge in [0.05, 0.1) is 12.8 Å². The normalized spacial score (nSPS) is 11.6. The van der Waals surface area contributed by atoms with Crippen molar-refractivity contribution >= 4 is 7.60 Å². The molecule has 1 rings (SSSR count). The summed E-state index contributed by atoms with van der Waals surface area (Å²) in [6, 6.07) is 7.98. The van der Waals surface area contributed by atoms with Crippen molar-refractivity contribution in [3.8, 4) is 5.75 Å². The van der Waals surface area contributed by atoms with Crippen molar-refractivity contribution in [2.75, 3.05) is 19.3 Å². The molecule has 0 aliphatic rings. The van der Waals surface area contributed by atoms with Crippen LogP contribution in [0.15, 0.2) is 24.3 Å². The van der Waals surface area contributed by atoms with Gasteiger partial charge in [-0.15, -0.1) is 0 Å². The van der Waals surface area contributed by atoms with Gasteiger partial charge in [0, 0.05) is 6.54 Å². The molecule has 24 heavy (non-hydrogen) atoms. The molecule has 6 heteroatoms. The number of benzene rings is 1. The van der Waals surface area contributed by atoms with Crippen LogP contribution >= 0.6 is 7.60 Å². The maximum Gasteiger partial charge on any atom is 0.325 e. The van der Waals surface area contributed by atoms with E-state index < -0.39 is 7.60 Å². The van der Waals surface area contributed by atoms with Crippen molar-refractivity contribution in [1.29, 1.82) is 0 Å². The fourth-order valence-corrected chi connectivity index (χ4v) is 3.03. The Morgan fingerprint density at radius 3 is 2.58 bits per heavy atom. The molecule has 0 amide bonds. The van der Waals surface area contributed by atoms with Crippen LogP contribution in [0.1, 0.15) is 57.4 Å². The summed E-state index contributed by atoms with van der Waals surface area (Å²) in [5, 5.41) is 3.20. The van der Waals surface area contributed by atoms with Crippen LogP contribution in [0.5, 0.6) is 5.75 Å². The Balaban J connectivity index is 2.15. The number of ether oxygens (including phenoxy) is 1. The van der Waals surface area contributed by atoms with E-state index in [9.17, 15) is 4.57 Å². The van der Waals surface area contributed by atoms with E-state index in [2.05, 4.69) is 12.2 Å². The third-order valence-electron chi connectivity index (χ3n) is 3.80. The first-order chi connectivity index (χ1) is 11.5. The summed E-state index contributed by atoms with van der Waals surface area (Å²) < 4.78 is 16.6. The number of hydrogen-bond acceptors (Lipinski definition) is 3. The largest absolute Gasteiger partial charge is 0.494 e. The molecule has 0 unspecified atom stereocenters. The average Bonchev–Trinajstić information content (AvgIpc) is 2.53. The average molecular weight is 357 g/mol. The summed E-state index contributed by atoms with van der Waals surface area (Å²) in [6.07, 6.45) is 7.92. The summed E-state index contributed by atoms with van der Waals surface area (Å²) in [7, 11) is -3.87. The number of hydrogen-bond donors (Lipinski definition) is 3. The highest BCUT2D eigenvalue weighted by molar-refractivity contribution is 7.51. The highest BCUT2D eigenvalue weighted by Gasteiger charge is 2.10. The molecule has 0 fully saturated rings. The van der Waals surface area contributed by atoms with E-state index in [-0.39, 0.29) is 6.16 Å². The van der Waals surface area contributed by atoms with Gasteiger partial charge < -0.3 is 19.8 Å². The molecule has 1 aromatic rings. The SMILES string of the molecule is CCCCCCCCOc1cccc(CNCCCP(=O)(O)O)c1. The molecule has 0 aromatic heterocycles. The van der Waals surface area contributed by atoms with Crippen LogP contribution in [-0.2, 0) is 11.1 Å². The van der Waals surface area contributed by atoms with Crippen LogP contribution in [-0.4, -0.2) is 29.1 Å². The molecule has 0 saturated carbocycles. The standard InChI is InChI=1S/C18H32NO4P/c1-2-3-4-5-6-7-13-23-18-11-8-10-17(15-18)16-19-12-9-14-24(20,21)22/h8,10-11,15,19H,2-7,9,12-14,16H2,1H3,(H2,20,21,22). The van der Waals surface area contributed by atoms with E-state index in [1.165, 1.54) is 32.1 Å². The molecule has 0 atom stereocenters. The third kappa shape index (κ3) is 11.6. The van der Waals surface area contributed by atoms with E-state index in [4.69, 9.17) is 14.5 Å². The maximum atomic E-state index is 10.8. The number of rotatable bonds is 14. The van der Waals surface area contributed by atoms with Gasteiger partial charge >= 0.3 is 7.60 Å². The van der Waals surface area contributed by atoms with Crippen LogP contribution in [0.25, 0.3) is 0 Å². The minimum Gasteiger partial charge on any atom is -0.494 e. The summed E-state index contributed by atoms with van der Waals surface area (Å²) in [4.78, 5) is 17.6. The van der Waals surface area contributed by atoms with Crippen molar-refractivity contribution in [2.45, 2.75) is 58.4 Å². The fourth-order valence-electron chi connectivity index (χ4n) is 2.46. The van der Waals surface area contributed by atoms with E-state index in [0.717, 1.165) is 24.3 Å². The highest BCUT2D eigenvalue weighted by Crippen LogP contribution is 2.34.